The largest absolute Gasteiger partial charge is 0.497 e. The van der Waals surface area contributed by atoms with Crippen LogP contribution >= 0.6 is 23.4 Å². The van der Waals surface area contributed by atoms with E-state index in [1.165, 1.54) is 17.8 Å². The molecule has 0 saturated carbocycles. The summed E-state index contributed by atoms with van der Waals surface area (Å²) in [5.74, 6) is 1.65. The van der Waals surface area contributed by atoms with Gasteiger partial charge in [-0.25, -0.2) is 4.39 Å². The Labute approximate surface area is 162 Å². The third-order valence-electron chi connectivity index (χ3n) is 3.47. The van der Waals surface area contributed by atoms with Gasteiger partial charge in [0.1, 0.15) is 23.9 Å². The maximum Gasteiger partial charge on any atom is 0.230 e. The van der Waals surface area contributed by atoms with E-state index >= 15 is 0 Å². The fourth-order valence-electron chi connectivity index (χ4n) is 2.14. The Morgan fingerprint density at radius 3 is 2.58 bits per heavy atom. The molecule has 0 bridgehead atoms. The molecule has 1 unspecified atom stereocenters. The van der Waals surface area contributed by atoms with Gasteiger partial charge in [0, 0.05) is 10.8 Å². The van der Waals surface area contributed by atoms with Crippen LogP contribution in [0.5, 0.6) is 11.5 Å². The number of thioether (sulfide) groups is 1. The van der Waals surface area contributed by atoms with Gasteiger partial charge < -0.3 is 14.8 Å². The van der Waals surface area contributed by atoms with Crippen LogP contribution in [0, 0.1) is 5.82 Å². The van der Waals surface area contributed by atoms with Crippen LogP contribution in [0.4, 0.5) is 4.39 Å². The van der Waals surface area contributed by atoms with Crippen LogP contribution in [0.3, 0.4) is 0 Å². The predicted octanol–water partition coefficient (Wildman–Crippen LogP) is 4.30. The molecule has 0 radical (unpaired) electrons. The quantitative estimate of drug-likeness (QED) is 0.685. The van der Waals surface area contributed by atoms with E-state index in [0.717, 1.165) is 5.75 Å². The Hall–Kier alpha value is -1.92. The Morgan fingerprint density at radius 1 is 1.23 bits per heavy atom. The van der Waals surface area contributed by atoms with Gasteiger partial charge in [-0.15, -0.1) is 11.8 Å². The number of amides is 1. The van der Waals surface area contributed by atoms with E-state index in [9.17, 15) is 9.18 Å². The molecule has 0 aliphatic carbocycles. The highest BCUT2D eigenvalue weighted by atomic mass is 35.5. The van der Waals surface area contributed by atoms with Crippen LogP contribution in [-0.2, 0) is 10.5 Å². The van der Waals surface area contributed by atoms with Gasteiger partial charge in [0.05, 0.1) is 18.9 Å². The standard InChI is InChI=1S/C19H21ClFNO3S/c1-13(10-25-17-7-5-16(24-2)6-8-17)22-19(23)12-26-11-14-3-4-15(20)9-18(14)21/h3-9,13H,10-12H2,1-2H3,(H,22,23). The lowest BCUT2D eigenvalue weighted by molar-refractivity contribution is -0.119. The van der Waals surface area contributed by atoms with Gasteiger partial charge in [0.15, 0.2) is 0 Å². The lowest BCUT2D eigenvalue weighted by Crippen LogP contribution is -2.37. The van der Waals surface area contributed by atoms with E-state index in [-0.39, 0.29) is 23.5 Å². The first-order valence-corrected chi connectivity index (χ1v) is 9.59. The molecule has 2 aromatic carbocycles. The van der Waals surface area contributed by atoms with E-state index in [0.29, 0.717) is 28.7 Å². The first-order chi connectivity index (χ1) is 12.5. The van der Waals surface area contributed by atoms with Crippen molar-refractivity contribution >= 4 is 29.3 Å². The number of rotatable bonds is 9. The number of ether oxygens (including phenoxy) is 2. The number of methoxy groups -OCH3 is 1. The fraction of sp³-hybridized carbons (Fsp3) is 0.316. The highest BCUT2D eigenvalue weighted by Gasteiger charge is 2.10. The van der Waals surface area contributed by atoms with Crippen molar-refractivity contribution in [2.24, 2.45) is 0 Å². The van der Waals surface area contributed by atoms with Crippen molar-refractivity contribution in [3.8, 4) is 11.5 Å². The average molecular weight is 398 g/mol. The lowest BCUT2D eigenvalue weighted by Gasteiger charge is -2.15. The molecule has 1 N–H and O–H groups in total. The molecule has 7 heteroatoms. The van der Waals surface area contributed by atoms with Gasteiger partial charge in [0.25, 0.3) is 0 Å². The topological polar surface area (TPSA) is 47.6 Å². The van der Waals surface area contributed by atoms with Gasteiger partial charge >= 0.3 is 0 Å². The number of halogens is 2. The minimum Gasteiger partial charge on any atom is -0.497 e. The first kappa shape index (κ1) is 20.4. The molecule has 0 heterocycles. The minimum atomic E-state index is -0.355. The molecule has 140 valence electrons. The van der Waals surface area contributed by atoms with Crippen molar-refractivity contribution in [2.45, 2.75) is 18.7 Å². The number of carbonyl (C=O) groups excluding carboxylic acids is 1. The Morgan fingerprint density at radius 2 is 1.92 bits per heavy atom. The molecular formula is C19H21ClFNO3S. The third-order valence-corrected chi connectivity index (χ3v) is 4.69. The fourth-order valence-corrected chi connectivity index (χ4v) is 3.13. The second-order valence-electron chi connectivity index (χ2n) is 5.68. The van der Waals surface area contributed by atoms with Crippen LogP contribution in [0.15, 0.2) is 42.5 Å². The van der Waals surface area contributed by atoms with E-state index in [2.05, 4.69) is 5.32 Å². The molecule has 1 amide bonds. The van der Waals surface area contributed by atoms with Crippen LogP contribution in [-0.4, -0.2) is 31.4 Å². The monoisotopic (exact) mass is 397 g/mol. The highest BCUT2D eigenvalue weighted by molar-refractivity contribution is 7.99. The van der Waals surface area contributed by atoms with E-state index in [1.54, 1.807) is 19.2 Å². The summed E-state index contributed by atoms with van der Waals surface area (Å²) in [6.45, 7) is 2.22. The molecule has 0 saturated heterocycles. The minimum absolute atomic E-state index is 0.116. The number of benzene rings is 2. The number of carbonyl (C=O) groups is 1. The molecule has 0 aromatic heterocycles. The summed E-state index contributed by atoms with van der Waals surface area (Å²) in [6.07, 6.45) is 0. The Bertz CT molecular complexity index is 727. The summed E-state index contributed by atoms with van der Waals surface area (Å²) in [6, 6.07) is 11.6. The van der Waals surface area contributed by atoms with Crippen LogP contribution in [0.2, 0.25) is 5.02 Å². The van der Waals surface area contributed by atoms with Gasteiger partial charge in [-0.1, -0.05) is 17.7 Å². The smallest absolute Gasteiger partial charge is 0.230 e. The van der Waals surface area contributed by atoms with Gasteiger partial charge in [-0.2, -0.15) is 0 Å². The van der Waals surface area contributed by atoms with Crippen molar-refractivity contribution in [1.82, 2.24) is 5.32 Å². The average Bonchev–Trinajstić information content (AvgIpc) is 2.62. The maximum absolute atomic E-state index is 13.7. The van der Waals surface area contributed by atoms with E-state index in [1.807, 2.05) is 31.2 Å². The van der Waals surface area contributed by atoms with Gasteiger partial charge in [-0.05, 0) is 48.9 Å². The van der Waals surface area contributed by atoms with Crippen molar-refractivity contribution in [3.05, 3.63) is 58.9 Å². The second kappa shape index (κ2) is 10.3. The first-order valence-electron chi connectivity index (χ1n) is 8.06. The molecule has 2 aromatic rings. The van der Waals surface area contributed by atoms with Crippen molar-refractivity contribution in [3.63, 3.8) is 0 Å². The maximum atomic E-state index is 13.7. The molecule has 0 aliphatic heterocycles. The van der Waals surface area contributed by atoms with Crippen LogP contribution < -0.4 is 14.8 Å². The van der Waals surface area contributed by atoms with Crippen LogP contribution in [0.25, 0.3) is 0 Å². The molecule has 26 heavy (non-hydrogen) atoms. The zero-order valence-electron chi connectivity index (χ0n) is 14.6. The SMILES string of the molecule is COc1ccc(OCC(C)NC(=O)CSCc2ccc(Cl)cc2F)cc1. The normalized spacial score (nSPS) is 11.7. The summed E-state index contributed by atoms with van der Waals surface area (Å²) in [5.41, 5.74) is 0.531. The summed E-state index contributed by atoms with van der Waals surface area (Å²) in [4.78, 5) is 12.0. The molecule has 2 rings (SSSR count). The number of hydrogen-bond donors (Lipinski definition) is 1. The molecular weight excluding hydrogens is 377 g/mol. The zero-order chi connectivity index (χ0) is 18.9. The second-order valence-corrected chi connectivity index (χ2v) is 7.11. The highest BCUT2D eigenvalue weighted by Crippen LogP contribution is 2.19. The number of nitrogens with one attached hydrogen (secondary N) is 1. The molecule has 0 spiro atoms. The molecule has 4 nitrogen and oxygen atoms in total. The zero-order valence-corrected chi connectivity index (χ0v) is 16.2. The van der Waals surface area contributed by atoms with Crippen molar-refractivity contribution in [1.29, 1.82) is 0 Å². The molecule has 1 atom stereocenters. The lowest BCUT2D eigenvalue weighted by atomic mass is 10.2. The summed E-state index contributed by atoms with van der Waals surface area (Å²) >= 11 is 7.06. The van der Waals surface area contributed by atoms with E-state index in [4.69, 9.17) is 21.1 Å². The Balaban J connectivity index is 1.67. The predicted molar refractivity (Wildman–Crippen MR) is 104 cm³/mol. The molecule has 0 fully saturated rings. The van der Waals surface area contributed by atoms with Gasteiger partial charge in [-0.3, -0.25) is 4.79 Å². The summed E-state index contributed by atoms with van der Waals surface area (Å²) in [7, 11) is 1.60. The molecule has 0 aliphatic rings. The summed E-state index contributed by atoms with van der Waals surface area (Å²) in [5, 5.41) is 3.22. The van der Waals surface area contributed by atoms with E-state index < -0.39 is 0 Å². The number of hydrogen-bond acceptors (Lipinski definition) is 4. The third kappa shape index (κ3) is 6.77. The van der Waals surface area contributed by atoms with Crippen molar-refractivity contribution < 1.29 is 18.7 Å². The summed E-state index contributed by atoms with van der Waals surface area (Å²) < 4.78 is 24.4. The van der Waals surface area contributed by atoms with Gasteiger partial charge in [0.2, 0.25) is 5.91 Å². The Kier molecular flexibility index (Phi) is 8.06. The van der Waals surface area contributed by atoms with Crippen molar-refractivity contribution in [2.75, 3.05) is 19.5 Å². The van der Waals surface area contributed by atoms with Crippen LogP contribution in [0.1, 0.15) is 12.5 Å².